The van der Waals surface area contributed by atoms with Crippen LogP contribution in [-0.4, -0.2) is 23.1 Å². The predicted molar refractivity (Wildman–Crippen MR) is 62.4 cm³/mol. The van der Waals surface area contributed by atoms with E-state index < -0.39 is 0 Å². The minimum absolute atomic E-state index is 0.485. The molecule has 1 aliphatic rings. The third kappa shape index (κ3) is 2.07. The molecule has 0 N–H and O–H groups in total. The molecule has 1 aromatic rings. The van der Waals surface area contributed by atoms with Crippen molar-refractivity contribution in [2.45, 2.75) is 38.1 Å². The minimum atomic E-state index is 0.485. The number of halogens is 1. The second kappa shape index (κ2) is 4.35. The fourth-order valence-corrected chi connectivity index (χ4v) is 1.98. The van der Waals surface area contributed by atoms with Crippen LogP contribution in [0.1, 0.15) is 30.5 Å². The van der Waals surface area contributed by atoms with Gasteiger partial charge in [0.15, 0.2) is 0 Å². The van der Waals surface area contributed by atoms with Crippen LogP contribution in [0.3, 0.4) is 0 Å². The highest BCUT2D eigenvalue weighted by atomic mass is 35.5. The van der Waals surface area contributed by atoms with E-state index in [9.17, 15) is 0 Å². The number of hydrogen-bond acceptors (Lipinski definition) is 3. The number of aromatic nitrogens is 2. The van der Waals surface area contributed by atoms with E-state index in [-0.39, 0.29) is 0 Å². The molecule has 1 aliphatic carbocycles. The molecule has 0 bridgehead atoms. The van der Waals surface area contributed by atoms with Crippen LogP contribution in [0.5, 0.6) is 0 Å². The van der Waals surface area contributed by atoms with E-state index in [2.05, 4.69) is 21.9 Å². The molecule has 1 aromatic heterocycles. The van der Waals surface area contributed by atoms with Gasteiger partial charge in [-0.15, -0.1) is 11.6 Å². The van der Waals surface area contributed by atoms with Gasteiger partial charge in [-0.1, -0.05) is 0 Å². The molecule has 4 heteroatoms. The quantitative estimate of drug-likeness (QED) is 0.741. The zero-order valence-corrected chi connectivity index (χ0v) is 9.96. The van der Waals surface area contributed by atoms with Crippen LogP contribution < -0.4 is 4.90 Å². The summed E-state index contributed by atoms with van der Waals surface area (Å²) in [5, 5.41) is 0. The van der Waals surface area contributed by atoms with Gasteiger partial charge < -0.3 is 4.90 Å². The topological polar surface area (TPSA) is 29.0 Å². The molecule has 1 heterocycles. The number of anilines is 1. The maximum absolute atomic E-state index is 5.77. The van der Waals surface area contributed by atoms with Crippen molar-refractivity contribution in [3.8, 4) is 0 Å². The summed E-state index contributed by atoms with van der Waals surface area (Å²) in [5.74, 6) is 1.31. The van der Waals surface area contributed by atoms with Crippen LogP contribution in [0.4, 0.5) is 5.95 Å². The Balaban J connectivity index is 2.17. The maximum Gasteiger partial charge on any atom is 0.225 e. The lowest BCUT2D eigenvalue weighted by molar-refractivity contribution is 0.397. The molecule has 0 radical (unpaired) electrons. The average Bonchev–Trinajstić information content (AvgIpc) is 2.15. The van der Waals surface area contributed by atoms with Gasteiger partial charge in [-0.3, -0.25) is 0 Å². The molecule has 1 fully saturated rings. The van der Waals surface area contributed by atoms with Crippen molar-refractivity contribution < 1.29 is 0 Å². The van der Waals surface area contributed by atoms with Crippen LogP contribution in [0.2, 0.25) is 0 Å². The summed E-state index contributed by atoms with van der Waals surface area (Å²) in [4.78, 5) is 11.0. The van der Waals surface area contributed by atoms with Crippen molar-refractivity contribution >= 4 is 17.5 Å². The largest absolute Gasteiger partial charge is 0.341 e. The molecular formula is C11H16ClN3. The molecule has 1 saturated carbocycles. The van der Waals surface area contributed by atoms with Crippen LogP contribution in [0.15, 0.2) is 6.20 Å². The van der Waals surface area contributed by atoms with Crippen LogP contribution in [0, 0.1) is 6.92 Å². The highest BCUT2D eigenvalue weighted by molar-refractivity contribution is 6.17. The summed E-state index contributed by atoms with van der Waals surface area (Å²) < 4.78 is 0. The molecule has 3 nitrogen and oxygen atoms in total. The van der Waals surface area contributed by atoms with Crippen molar-refractivity contribution in [2.75, 3.05) is 11.9 Å². The van der Waals surface area contributed by atoms with Gasteiger partial charge in [0.2, 0.25) is 5.95 Å². The van der Waals surface area contributed by atoms with E-state index in [0.29, 0.717) is 11.9 Å². The summed E-state index contributed by atoms with van der Waals surface area (Å²) in [6.45, 7) is 1.98. The summed E-state index contributed by atoms with van der Waals surface area (Å²) in [7, 11) is 2.07. The van der Waals surface area contributed by atoms with Crippen molar-refractivity contribution in [1.82, 2.24) is 9.97 Å². The molecule has 0 saturated heterocycles. The minimum Gasteiger partial charge on any atom is -0.341 e. The standard InChI is InChI=1S/C11H16ClN3/c1-8-9(6-12)7-13-11(14-8)15(2)10-4-3-5-10/h7,10H,3-6H2,1-2H3. The fourth-order valence-electron chi connectivity index (χ4n) is 1.72. The van der Waals surface area contributed by atoms with E-state index in [4.69, 9.17) is 11.6 Å². The Kier molecular flexibility index (Phi) is 3.10. The SMILES string of the molecule is Cc1nc(N(C)C2CCC2)ncc1CCl. The monoisotopic (exact) mass is 225 g/mol. The lowest BCUT2D eigenvalue weighted by Gasteiger charge is -2.34. The fraction of sp³-hybridized carbons (Fsp3) is 0.636. The molecule has 2 rings (SSSR count). The first kappa shape index (κ1) is 10.7. The highest BCUT2D eigenvalue weighted by Crippen LogP contribution is 2.26. The molecule has 0 spiro atoms. The molecule has 0 aromatic carbocycles. The first-order valence-corrected chi connectivity index (χ1v) is 5.87. The third-order valence-corrected chi connectivity index (χ3v) is 3.44. The molecule has 0 unspecified atom stereocenters. The average molecular weight is 226 g/mol. The molecule has 15 heavy (non-hydrogen) atoms. The van der Waals surface area contributed by atoms with Gasteiger partial charge in [-0.2, -0.15) is 0 Å². The Hall–Kier alpha value is -0.830. The summed E-state index contributed by atoms with van der Waals surface area (Å²) in [6.07, 6.45) is 5.68. The Labute approximate surface area is 95.5 Å². The van der Waals surface area contributed by atoms with Crippen molar-refractivity contribution in [1.29, 1.82) is 0 Å². The summed E-state index contributed by atoms with van der Waals surface area (Å²) in [5.41, 5.74) is 2.00. The predicted octanol–water partition coefficient (Wildman–Crippen LogP) is 2.51. The summed E-state index contributed by atoms with van der Waals surface area (Å²) >= 11 is 5.77. The number of alkyl halides is 1. The Morgan fingerprint density at radius 1 is 1.53 bits per heavy atom. The Morgan fingerprint density at radius 2 is 2.27 bits per heavy atom. The van der Waals surface area contributed by atoms with E-state index in [1.54, 1.807) is 0 Å². The van der Waals surface area contributed by atoms with Gasteiger partial charge in [-0.05, 0) is 26.2 Å². The molecule has 82 valence electrons. The van der Waals surface area contributed by atoms with E-state index >= 15 is 0 Å². The third-order valence-electron chi connectivity index (χ3n) is 3.15. The highest BCUT2D eigenvalue weighted by Gasteiger charge is 2.23. The Morgan fingerprint density at radius 3 is 2.73 bits per heavy atom. The van der Waals surface area contributed by atoms with Crippen LogP contribution in [0.25, 0.3) is 0 Å². The Bertz CT molecular complexity index is 350. The maximum atomic E-state index is 5.77. The second-order valence-electron chi connectivity index (χ2n) is 4.11. The normalized spacial score (nSPS) is 16.2. The van der Waals surface area contributed by atoms with Gasteiger partial charge in [0.25, 0.3) is 0 Å². The van der Waals surface area contributed by atoms with Crippen molar-refractivity contribution in [3.63, 3.8) is 0 Å². The first-order chi connectivity index (χ1) is 7.22. The number of hydrogen-bond donors (Lipinski definition) is 0. The number of rotatable bonds is 3. The van der Waals surface area contributed by atoms with Gasteiger partial charge in [0.05, 0.1) is 5.88 Å². The van der Waals surface area contributed by atoms with Crippen molar-refractivity contribution in [3.05, 3.63) is 17.5 Å². The molecule has 0 aliphatic heterocycles. The summed E-state index contributed by atoms with van der Waals surface area (Å²) in [6, 6.07) is 0.631. The van der Waals surface area contributed by atoms with E-state index in [1.165, 1.54) is 19.3 Å². The van der Waals surface area contributed by atoms with Crippen LogP contribution in [-0.2, 0) is 5.88 Å². The van der Waals surface area contributed by atoms with Gasteiger partial charge >= 0.3 is 0 Å². The van der Waals surface area contributed by atoms with Gasteiger partial charge in [0, 0.05) is 30.5 Å². The number of nitrogens with zero attached hydrogens (tertiary/aromatic N) is 3. The molecule has 0 amide bonds. The molecular weight excluding hydrogens is 210 g/mol. The van der Waals surface area contributed by atoms with E-state index in [0.717, 1.165) is 17.2 Å². The number of aryl methyl sites for hydroxylation is 1. The van der Waals surface area contributed by atoms with Gasteiger partial charge in [0.1, 0.15) is 0 Å². The first-order valence-electron chi connectivity index (χ1n) is 5.33. The smallest absolute Gasteiger partial charge is 0.225 e. The van der Waals surface area contributed by atoms with Gasteiger partial charge in [-0.25, -0.2) is 9.97 Å². The van der Waals surface area contributed by atoms with Crippen molar-refractivity contribution in [2.24, 2.45) is 0 Å². The lowest BCUT2D eigenvalue weighted by Crippen LogP contribution is -2.38. The van der Waals surface area contributed by atoms with E-state index in [1.807, 2.05) is 13.1 Å². The zero-order chi connectivity index (χ0) is 10.8. The lowest BCUT2D eigenvalue weighted by atomic mass is 9.92. The van der Waals surface area contributed by atoms with Crippen LogP contribution >= 0.6 is 11.6 Å². The second-order valence-corrected chi connectivity index (χ2v) is 4.38. The zero-order valence-electron chi connectivity index (χ0n) is 9.20. The molecule has 0 atom stereocenters.